The lowest BCUT2D eigenvalue weighted by molar-refractivity contribution is -0.136. The van der Waals surface area contributed by atoms with E-state index >= 15 is 0 Å². The van der Waals surface area contributed by atoms with Gasteiger partial charge in [-0.05, 0) is 43.0 Å². The van der Waals surface area contributed by atoms with E-state index in [0.29, 0.717) is 41.9 Å². The number of nitrogens with one attached hydrogen (secondary N) is 2. The Labute approximate surface area is 188 Å². The third-order valence-electron chi connectivity index (χ3n) is 5.44. The molecule has 1 aliphatic heterocycles. The van der Waals surface area contributed by atoms with E-state index in [1.807, 2.05) is 43.3 Å². The first-order chi connectivity index (χ1) is 15.4. The average Bonchev–Trinajstić information content (AvgIpc) is 2.80. The highest BCUT2D eigenvalue weighted by Gasteiger charge is 2.35. The van der Waals surface area contributed by atoms with Gasteiger partial charge in [-0.1, -0.05) is 49.4 Å². The smallest absolute Gasteiger partial charge is 0.337 e. The molecule has 0 radical (unpaired) electrons. The third-order valence-corrected chi connectivity index (χ3v) is 5.44. The van der Waals surface area contributed by atoms with E-state index in [1.165, 1.54) is 7.11 Å². The van der Waals surface area contributed by atoms with Gasteiger partial charge in [0.2, 0.25) is 5.91 Å². The zero-order valence-electron chi connectivity index (χ0n) is 18.7. The topological polar surface area (TPSA) is 87.7 Å². The van der Waals surface area contributed by atoms with Crippen LogP contribution in [0, 0.1) is 0 Å². The number of hydrogen-bond acceptors (Lipinski definition) is 4. The highest BCUT2D eigenvalue weighted by atomic mass is 16.5. The zero-order chi connectivity index (χ0) is 23.1. The number of rotatable bonds is 8. The summed E-state index contributed by atoms with van der Waals surface area (Å²) in [5, 5.41) is 5.81. The van der Waals surface area contributed by atoms with Crippen LogP contribution in [0.25, 0.3) is 0 Å². The second-order valence-electron chi connectivity index (χ2n) is 7.68. The van der Waals surface area contributed by atoms with E-state index in [-0.39, 0.29) is 11.9 Å². The van der Waals surface area contributed by atoms with Crippen molar-refractivity contribution in [3.8, 4) is 0 Å². The van der Waals surface area contributed by atoms with E-state index < -0.39 is 12.0 Å². The van der Waals surface area contributed by atoms with E-state index in [4.69, 9.17) is 4.74 Å². The van der Waals surface area contributed by atoms with Crippen molar-refractivity contribution < 1.29 is 19.1 Å². The monoisotopic (exact) mass is 435 g/mol. The maximum atomic E-state index is 12.7. The minimum absolute atomic E-state index is 0.104. The van der Waals surface area contributed by atoms with Crippen molar-refractivity contribution in [1.82, 2.24) is 10.2 Å². The fraction of sp³-hybridized carbons (Fsp3) is 0.320. The number of amides is 3. The molecule has 2 aromatic carbocycles. The Balaban J connectivity index is 1.80. The standard InChI is InChI=1S/C25H29N3O4/c1-4-15-28-17(2)22(24(30)32-3)23(27-25(28)31)19-11-8-12-20(16-19)26-21(29)14-13-18-9-6-5-7-10-18/h5-12,16,23H,4,13-15H2,1-3H3,(H,26,29)(H,27,31)/t23-/m1/s1. The molecular formula is C25H29N3O4. The van der Waals surface area contributed by atoms with Crippen molar-refractivity contribution in [1.29, 1.82) is 0 Å². The quantitative estimate of drug-likeness (QED) is 0.609. The van der Waals surface area contributed by atoms with Crippen LogP contribution in [0.2, 0.25) is 0 Å². The maximum Gasteiger partial charge on any atom is 0.337 e. The van der Waals surface area contributed by atoms with Crippen LogP contribution in [-0.4, -0.2) is 36.5 Å². The van der Waals surface area contributed by atoms with Crippen molar-refractivity contribution in [2.45, 2.75) is 39.2 Å². The molecule has 0 unspecified atom stereocenters. The summed E-state index contributed by atoms with van der Waals surface area (Å²) in [6.07, 6.45) is 1.76. The Kier molecular flexibility index (Phi) is 7.65. The molecule has 0 saturated carbocycles. The van der Waals surface area contributed by atoms with Crippen LogP contribution in [0.3, 0.4) is 0 Å². The molecule has 3 amide bonds. The van der Waals surface area contributed by atoms with Crippen LogP contribution in [0.1, 0.15) is 43.9 Å². The van der Waals surface area contributed by atoms with Crippen molar-refractivity contribution in [2.75, 3.05) is 19.0 Å². The molecule has 1 atom stereocenters. The van der Waals surface area contributed by atoms with Gasteiger partial charge in [0.15, 0.2) is 0 Å². The molecular weight excluding hydrogens is 406 g/mol. The van der Waals surface area contributed by atoms with Crippen molar-refractivity contribution in [3.05, 3.63) is 77.0 Å². The van der Waals surface area contributed by atoms with Gasteiger partial charge in [0.05, 0.1) is 18.7 Å². The summed E-state index contributed by atoms with van der Waals surface area (Å²) in [4.78, 5) is 39.2. The number of hydrogen-bond donors (Lipinski definition) is 2. The van der Waals surface area contributed by atoms with E-state index in [0.717, 1.165) is 12.0 Å². The van der Waals surface area contributed by atoms with Crippen LogP contribution in [0.15, 0.2) is 65.9 Å². The molecule has 1 heterocycles. The molecule has 3 rings (SSSR count). The molecule has 0 saturated heterocycles. The number of nitrogens with zero attached hydrogens (tertiary/aromatic N) is 1. The number of allylic oxidation sites excluding steroid dienone is 1. The number of esters is 1. The number of carbonyl (C=O) groups is 3. The number of methoxy groups -OCH3 is 1. The molecule has 0 fully saturated rings. The van der Waals surface area contributed by atoms with E-state index in [9.17, 15) is 14.4 Å². The van der Waals surface area contributed by atoms with Gasteiger partial charge >= 0.3 is 12.0 Å². The summed E-state index contributed by atoms with van der Waals surface area (Å²) in [7, 11) is 1.32. The van der Waals surface area contributed by atoms with Crippen molar-refractivity contribution in [2.24, 2.45) is 0 Å². The van der Waals surface area contributed by atoms with Gasteiger partial charge in [-0.3, -0.25) is 9.69 Å². The number of urea groups is 1. The fourth-order valence-electron chi connectivity index (χ4n) is 3.82. The first-order valence-electron chi connectivity index (χ1n) is 10.8. The Morgan fingerprint density at radius 1 is 1.12 bits per heavy atom. The predicted molar refractivity (Wildman–Crippen MR) is 123 cm³/mol. The number of anilines is 1. The Hall–Kier alpha value is -3.61. The lowest BCUT2D eigenvalue weighted by Crippen LogP contribution is -2.48. The average molecular weight is 436 g/mol. The van der Waals surface area contributed by atoms with Crippen LogP contribution in [0.4, 0.5) is 10.5 Å². The first-order valence-corrected chi connectivity index (χ1v) is 10.8. The van der Waals surface area contributed by atoms with Crippen LogP contribution >= 0.6 is 0 Å². The summed E-state index contributed by atoms with van der Waals surface area (Å²) in [5.41, 5.74) is 3.35. The molecule has 0 bridgehead atoms. The summed E-state index contributed by atoms with van der Waals surface area (Å²) in [6.45, 7) is 4.22. The fourth-order valence-corrected chi connectivity index (χ4v) is 3.82. The number of aryl methyl sites for hydroxylation is 1. The first kappa shape index (κ1) is 23.1. The summed E-state index contributed by atoms with van der Waals surface area (Å²) < 4.78 is 5.00. The lowest BCUT2D eigenvalue weighted by atomic mass is 9.94. The van der Waals surface area contributed by atoms with Gasteiger partial charge < -0.3 is 15.4 Å². The molecule has 2 N–H and O–H groups in total. The molecule has 0 aliphatic carbocycles. The highest BCUT2D eigenvalue weighted by molar-refractivity contribution is 5.95. The number of ether oxygens (including phenoxy) is 1. The zero-order valence-corrected chi connectivity index (χ0v) is 18.7. The van der Waals surface area contributed by atoms with Gasteiger partial charge in [-0.2, -0.15) is 0 Å². The SMILES string of the molecule is CCCN1C(=O)N[C@H](c2cccc(NC(=O)CCc3ccccc3)c2)C(C(=O)OC)=C1C. The van der Waals surface area contributed by atoms with Crippen LogP contribution in [-0.2, 0) is 20.7 Å². The van der Waals surface area contributed by atoms with Crippen molar-refractivity contribution >= 4 is 23.6 Å². The lowest BCUT2D eigenvalue weighted by Gasteiger charge is -2.35. The van der Waals surface area contributed by atoms with Gasteiger partial charge in [-0.15, -0.1) is 0 Å². The molecule has 2 aromatic rings. The molecule has 0 aromatic heterocycles. The van der Waals surface area contributed by atoms with Crippen molar-refractivity contribution in [3.63, 3.8) is 0 Å². The largest absolute Gasteiger partial charge is 0.466 e. The molecule has 7 heteroatoms. The minimum atomic E-state index is -0.663. The van der Waals surface area contributed by atoms with E-state index in [2.05, 4.69) is 10.6 Å². The Morgan fingerprint density at radius 3 is 2.56 bits per heavy atom. The van der Waals surface area contributed by atoms with Gasteiger partial charge in [-0.25, -0.2) is 9.59 Å². The van der Waals surface area contributed by atoms with Crippen LogP contribution in [0.5, 0.6) is 0 Å². The summed E-state index contributed by atoms with van der Waals surface area (Å²) >= 11 is 0. The third kappa shape index (κ3) is 5.35. The van der Waals surface area contributed by atoms with Crippen LogP contribution < -0.4 is 10.6 Å². The van der Waals surface area contributed by atoms with Gasteiger partial charge in [0, 0.05) is 24.4 Å². The summed E-state index contributed by atoms with van der Waals surface area (Å²) in [6, 6.07) is 16.1. The highest BCUT2D eigenvalue weighted by Crippen LogP contribution is 2.32. The Bertz CT molecular complexity index is 1020. The molecule has 0 spiro atoms. The molecule has 7 nitrogen and oxygen atoms in total. The van der Waals surface area contributed by atoms with Gasteiger partial charge in [0.1, 0.15) is 0 Å². The van der Waals surface area contributed by atoms with E-state index in [1.54, 1.807) is 30.0 Å². The normalized spacial score (nSPS) is 15.9. The second-order valence-corrected chi connectivity index (χ2v) is 7.68. The minimum Gasteiger partial charge on any atom is -0.466 e. The molecule has 1 aliphatic rings. The predicted octanol–water partition coefficient (Wildman–Crippen LogP) is 4.18. The molecule has 32 heavy (non-hydrogen) atoms. The maximum absolute atomic E-state index is 12.7. The summed E-state index contributed by atoms with van der Waals surface area (Å²) in [5.74, 6) is -0.598. The Morgan fingerprint density at radius 2 is 1.88 bits per heavy atom. The van der Waals surface area contributed by atoms with Gasteiger partial charge in [0.25, 0.3) is 0 Å². The molecule has 168 valence electrons. The second kappa shape index (κ2) is 10.6. The number of benzene rings is 2. The number of carbonyl (C=O) groups excluding carboxylic acids is 3.